The molecule has 1 aromatic heterocycles. The number of methoxy groups -OCH3 is 1. The van der Waals surface area contributed by atoms with E-state index in [1.54, 1.807) is 19.5 Å². The van der Waals surface area contributed by atoms with E-state index in [2.05, 4.69) is 20.2 Å². The lowest BCUT2D eigenvalue weighted by Gasteiger charge is -2.33. The fourth-order valence-corrected chi connectivity index (χ4v) is 3.13. The normalized spacial score (nSPS) is 27.5. The molecule has 7 nitrogen and oxygen atoms in total. The van der Waals surface area contributed by atoms with Gasteiger partial charge in [-0.15, -0.1) is 0 Å². The van der Waals surface area contributed by atoms with E-state index in [1.807, 2.05) is 6.07 Å². The first-order valence-corrected chi connectivity index (χ1v) is 7.72. The highest BCUT2D eigenvalue weighted by molar-refractivity contribution is 5.81. The fourth-order valence-electron chi connectivity index (χ4n) is 3.13. The molecule has 2 aliphatic rings. The molecule has 0 radical (unpaired) electrons. The summed E-state index contributed by atoms with van der Waals surface area (Å²) >= 11 is 0. The summed E-state index contributed by atoms with van der Waals surface area (Å²) in [6.45, 7) is 2.70. The average molecular weight is 306 g/mol. The van der Waals surface area contributed by atoms with Crippen LogP contribution in [-0.4, -0.2) is 61.4 Å². The Bertz CT molecular complexity index is 499. The molecule has 22 heavy (non-hydrogen) atoms. The van der Waals surface area contributed by atoms with Gasteiger partial charge in [0.15, 0.2) is 0 Å². The first-order chi connectivity index (χ1) is 10.8. The van der Waals surface area contributed by atoms with Gasteiger partial charge in [0.25, 0.3) is 0 Å². The molecule has 1 N–H and O–H groups in total. The van der Waals surface area contributed by atoms with Gasteiger partial charge in [0.05, 0.1) is 12.7 Å². The summed E-state index contributed by atoms with van der Waals surface area (Å²) in [6, 6.07) is 1.81. The Hall–Kier alpha value is -1.73. The van der Waals surface area contributed by atoms with Crippen molar-refractivity contribution in [2.75, 3.05) is 38.3 Å². The Balaban J connectivity index is 1.54. The van der Waals surface area contributed by atoms with Crippen LogP contribution in [-0.2, 0) is 14.3 Å². The van der Waals surface area contributed by atoms with E-state index in [-0.39, 0.29) is 18.1 Å². The van der Waals surface area contributed by atoms with Gasteiger partial charge in [-0.25, -0.2) is 9.97 Å². The van der Waals surface area contributed by atoms with Crippen molar-refractivity contribution < 1.29 is 14.3 Å². The lowest BCUT2D eigenvalue weighted by molar-refractivity contribution is -0.132. The van der Waals surface area contributed by atoms with Gasteiger partial charge in [0, 0.05) is 39.1 Å². The van der Waals surface area contributed by atoms with Crippen molar-refractivity contribution in [3.8, 4) is 0 Å². The quantitative estimate of drug-likeness (QED) is 0.785. The van der Waals surface area contributed by atoms with Crippen LogP contribution in [0.5, 0.6) is 0 Å². The molecule has 120 valence electrons. The molecular formula is C15H22N4O3. The number of carbonyl (C=O) groups excluding carboxylic acids is 1. The molecular weight excluding hydrogens is 284 g/mol. The summed E-state index contributed by atoms with van der Waals surface area (Å²) < 4.78 is 10.9. The first-order valence-electron chi connectivity index (χ1n) is 7.72. The number of aromatic nitrogens is 2. The standard InChI is InChI=1S/C15H22N4O3/c1-21-8-6-16-14(20)12-9-11-3-7-19(10-13(11)22-12)15-17-4-2-5-18-15/h2,4-5,11-13H,3,6-10H2,1H3,(H,16,20)/t11-,12+,13-/m0/s1. The van der Waals surface area contributed by atoms with E-state index in [9.17, 15) is 4.79 Å². The predicted octanol–water partition coefficient (Wildman–Crippen LogP) is 0.223. The minimum atomic E-state index is -0.344. The number of carbonyl (C=O) groups is 1. The Morgan fingerprint density at radius 1 is 1.50 bits per heavy atom. The van der Waals surface area contributed by atoms with Gasteiger partial charge in [0.2, 0.25) is 11.9 Å². The predicted molar refractivity (Wildman–Crippen MR) is 80.5 cm³/mol. The Kier molecular flexibility index (Phi) is 4.84. The third-order valence-corrected chi connectivity index (χ3v) is 4.28. The van der Waals surface area contributed by atoms with Crippen molar-refractivity contribution in [1.29, 1.82) is 0 Å². The van der Waals surface area contributed by atoms with Crippen LogP contribution in [0.25, 0.3) is 0 Å². The number of hydrogen-bond donors (Lipinski definition) is 1. The number of amides is 1. The van der Waals surface area contributed by atoms with Gasteiger partial charge in [-0.05, 0) is 24.8 Å². The lowest BCUT2D eigenvalue weighted by atomic mass is 9.92. The molecule has 3 atom stereocenters. The second-order valence-electron chi connectivity index (χ2n) is 5.73. The summed E-state index contributed by atoms with van der Waals surface area (Å²) in [7, 11) is 1.62. The molecule has 2 saturated heterocycles. The van der Waals surface area contributed by atoms with Crippen molar-refractivity contribution in [2.24, 2.45) is 5.92 Å². The van der Waals surface area contributed by atoms with E-state index in [0.29, 0.717) is 19.1 Å². The number of nitrogens with one attached hydrogen (secondary N) is 1. The second-order valence-corrected chi connectivity index (χ2v) is 5.73. The molecule has 3 rings (SSSR count). The highest BCUT2D eigenvalue weighted by atomic mass is 16.5. The van der Waals surface area contributed by atoms with E-state index in [0.717, 1.165) is 31.9 Å². The largest absolute Gasteiger partial charge is 0.383 e. The van der Waals surface area contributed by atoms with Crippen LogP contribution in [0.15, 0.2) is 18.5 Å². The maximum atomic E-state index is 12.1. The molecule has 0 aromatic carbocycles. The molecule has 2 fully saturated rings. The van der Waals surface area contributed by atoms with E-state index >= 15 is 0 Å². The Morgan fingerprint density at radius 3 is 3.09 bits per heavy atom. The van der Waals surface area contributed by atoms with E-state index < -0.39 is 0 Å². The number of rotatable bonds is 5. The number of piperidine rings is 1. The molecule has 1 amide bonds. The molecule has 0 spiro atoms. The minimum absolute atomic E-state index is 0.0334. The maximum Gasteiger partial charge on any atom is 0.249 e. The zero-order valence-electron chi connectivity index (χ0n) is 12.8. The van der Waals surface area contributed by atoms with Crippen LogP contribution in [0.1, 0.15) is 12.8 Å². The third kappa shape index (κ3) is 3.36. The van der Waals surface area contributed by atoms with Gasteiger partial charge in [-0.1, -0.05) is 0 Å². The highest BCUT2D eigenvalue weighted by Crippen LogP contribution is 2.34. The highest BCUT2D eigenvalue weighted by Gasteiger charge is 2.42. The molecule has 0 saturated carbocycles. The van der Waals surface area contributed by atoms with Crippen LogP contribution in [0, 0.1) is 5.92 Å². The number of anilines is 1. The maximum absolute atomic E-state index is 12.1. The molecule has 3 heterocycles. The molecule has 0 aliphatic carbocycles. The van der Waals surface area contributed by atoms with Crippen LogP contribution in [0.4, 0.5) is 5.95 Å². The Morgan fingerprint density at radius 2 is 2.32 bits per heavy atom. The van der Waals surface area contributed by atoms with Gasteiger partial charge >= 0.3 is 0 Å². The molecule has 0 bridgehead atoms. The summed E-state index contributed by atoms with van der Waals surface area (Å²) in [5.74, 6) is 1.14. The van der Waals surface area contributed by atoms with Gasteiger partial charge < -0.3 is 19.7 Å². The summed E-state index contributed by atoms with van der Waals surface area (Å²) in [5.41, 5.74) is 0. The SMILES string of the molecule is COCCNC(=O)[C@H]1C[C@@H]2CCN(c3ncccn3)C[C@@H]2O1. The molecule has 7 heteroatoms. The number of ether oxygens (including phenoxy) is 2. The van der Waals surface area contributed by atoms with Crippen LogP contribution >= 0.6 is 0 Å². The van der Waals surface area contributed by atoms with Crippen molar-refractivity contribution in [2.45, 2.75) is 25.0 Å². The van der Waals surface area contributed by atoms with Gasteiger partial charge in [-0.2, -0.15) is 0 Å². The van der Waals surface area contributed by atoms with E-state index in [1.165, 1.54) is 0 Å². The topological polar surface area (TPSA) is 76.6 Å². The molecule has 0 unspecified atom stereocenters. The first kappa shape index (κ1) is 15.2. The van der Waals surface area contributed by atoms with Crippen LogP contribution in [0.2, 0.25) is 0 Å². The summed E-state index contributed by atoms with van der Waals surface area (Å²) in [6.07, 6.45) is 5.03. The van der Waals surface area contributed by atoms with Crippen molar-refractivity contribution in [3.63, 3.8) is 0 Å². The zero-order valence-corrected chi connectivity index (χ0v) is 12.8. The number of nitrogens with zero attached hydrogens (tertiary/aromatic N) is 3. The second kappa shape index (κ2) is 7.02. The smallest absolute Gasteiger partial charge is 0.249 e. The monoisotopic (exact) mass is 306 g/mol. The van der Waals surface area contributed by atoms with E-state index in [4.69, 9.17) is 9.47 Å². The minimum Gasteiger partial charge on any atom is -0.383 e. The lowest BCUT2D eigenvalue weighted by Crippen LogP contribution is -2.43. The Labute approximate surface area is 130 Å². The molecule has 2 aliphatic heterocycles. The fraction of sp³-hybridized carbons (Fsp3) is 0.667. The average Bonchev–Trinajstić information content (AvgIpc) is 2.99. The van der Waals surface area contributed by atoms with Crippen molar-refractivity contribution in [3.05, 3.63) is 18.5 Å². The van der Waals surface area contributed by atoms with Crippen molar-refractivity contribution in [1.82, 2.24) is 15.3 Å². The van der Waals surface area contributed by atoms with Gasteiger partial charge in [-0.3, -0.25) is 4.79 Å². The van der Waals surface area contributed by atoms with Gasteiger partial charge in [0.1, 0.15) is 6.10 Å². The van der Waals surface area contributed by atoms with Crippen LogP contribution < -0.4 is 10.2 Å². The number of fused-ring (bicyclic) bond motifs is 1. The summed E-state index contributed by atoms with van der Waals surface area (Å²) in [5, 5.41) is 2.85. The zero-order chi connectivity index (χ0) is 15.4. The summed E-state index contributed by atoms with van der Waals surface area (Å²) in [4.78, 5) is 22.8. The number of hydrogen-bond acceptors (Lipinski definition) is 6. The van der Waals surface area contributed by atoms with Crippen molar-refractivity contribution >= 4 is 11.9 Å². The molecule has 1 aromatic rings. The van der Waals surface area contributed by atoms with Crippen LogP contribution in [0.3, 0.4) is 0 Å². The third-order valence-electron chi connectivity index (χ3n) is 4.28.